The molecule has 172 valence electrons. The van der Waals surface area contributed by atoms with E-state index in [1.807, 2.05) is 0 Å². The summed E-state index contributed by atoms with van der Waals surface area (Å²) in [4.78, 5) is 4.62. The maximum absolute atomic E-state index is 5.54. The summed E-state index contributed by atoms with van der Waals surface area (Å²) in [5, 5.41) is 12.8. The number of nitrogens with zero attached hydrogens (tertiary/aromatic N) is 4. The molecule has 0 saturated heterocycles. The van der Waals surface area contributed by atoms with Crippen molar-refractivity contribution in [2.24, 2.45) is 12.5 Å². The molecule has 0 radical (unpaired) electrons. The standard InChI is InChI=1S/C27H33N5O/c1-32-23(16-22(30-32)18-5-6-18)27-12-9-26(10-13-27,11-14-27)17-28-21-4-2-3-20(15-21)25-29-24(31-33-25)19-7-8-19/h2-4,15-16,18-19,28H,5-14,17H2,1H3. The summed E-state index contributed by atoms with van der Waals surface area (Å²) in [5.41, 5.74) is 5.77. The number of hydrogen-bond donors (Lipinski definition) is 1. The molecule has 1 aromatic carbocycles. The van der Waals surface area contributed by atoms with Crippen LogP contribution in [0.5, 0.6) is 0 Å². The molecule has 0 amide bonds. The van der Waals surface area contributed by atoms with Gasteiger partial charge in [-0.15, -0.1) is 0 Å². The maximum Gasteiger partial charge on any atom is 0.258 e. The quantitative estimate of drug-likeness (QED) is 0.490. The minimum Gasteiger partial charge on any atom is -0.384 e. The third-order valence-electron chi connectivity index (χ3n) is 9.00. The second kappa shape index (κ2) is 7.18. The van der Waals surface area contributed by atoms with Gasteiger partial charge in [-0.25, -0.2) is 0 Å². The molecule has 5 saturated carbocycles. The predicted molar refractivity (Wildman–Crippen MR) is 127 cm³/mol. The van der Waals surface area contributed by atoms with Crippen molar-refractivity contribution < 1.29 is 4.52 Å². The fourth-order valence-electron chi connectivity index (χ4n) is 6.39. The van der Waals surface area contributed by atoms with Gasteiger partial charge in [-0.2, -0.15) is 10.1 Å². The van der Waals surface area contributed by atoms with Crippen LogP contribution in [0.4, 0.5) is 5.69 Å². The Morgan fingerprint density at radius 1 is 1.00 bits per heavy atom. The van der Waals surface area contributed by atoms with Crippen molar-refractivity contribution in [2.75, 3.05) is 11.9 Å². The van der Waals surface area contributed by atoms with Crippen LogP contribution in [-0.2, 0) is 12.5 Å². The maximum atomic E-state index is 5.54. The van der Waals surface area contributed by atoms with E-state index in [9.17, 15) is 0 Å². The molecule has 0 aliphatic heterocycles. The number of benzene rings is 1. The van der Waals surface area contributed by atoms with Crippen molar-refractivity contribution in [3.8, 4) is 11.5 Å². The first-order valence-corrected chi connectivity index (χ1v) is 12.8. The van der Waals surface area contributed by atoms with Gasteiger partial charge in [0.1, 0.15) is 0 Å². The first kappa shape index (κ1) is 19.8. The summed E-state index contributed by atoms with van der Waals surface area (Å²) in [7, 11) is 2.16. The van der Waals surface area contributed by atoms with Crippen LogP contribution >= 0.6 is 0 Å². The zero-order chi connectivity index (χ0) is 22.0. The molecular formula is C27H33N5O. The second-order valence-corrected chi connectivity index (χ2v) is 11.3. The van der Waals surface area contributed by atoms with Crippen LogP contribution in [0.3, 0.4) is 0 Å². The number of rotatable bonds is 7. The number of hydrogen-bond acceptors (Lipinski definition) is 5. The molecule has 33 heavy (non-hydrogen) atoms. The molecule has 2 heterocycles. The van der Waals surface area contributed by atoms with E-state index in [4.69, 9.17) is 9.62 Å². The number of aromatic nitrogens is 4. The summed E-state index contributed by atoms with van der Waals surface area (Å²) in [5.74, 6) is 2.76. The number of anilines is 1. The zero-order valence-electron chi connectivity index (χ0n) is 19.5. The van der Waals surface area contributed by atoms with E-state index in [2.05, 4.69) is 57.5 Å². The largest absolute Gasteiger partial charge is 0.384 e. The van der Waals surface area contributed by atoms with Gasteiger partial charge in [0, 0.05) is 47.8 Å². The van der Waals surface area contributed by atoms with E-state index in [0.29, 0.717) is 22.6 Å². The average Bonchev–Trinajstić information content (AvgIpc) is 3.80. The van der Waals surface area contributed by atoms with Gasteiger partial charge in [0.15, 0.2) is 5.82 Å². The third-order valence-corrected chi connectivity index (χ3v) is 9.00. The van der Waals surface area contributed by atoms with Gasteiger partial charge in [-0.1, -0.05) is 11.2 Å². The Balaban J connectivity index is 1.03. The fourth-order valence-corrected chi connectivity index (χ4v) is 6.39. The van der Waals surface area contributed by atoms with Gasteiger partial charge in [0.25, 0.3) is 5.89 Å². The van der Waals surface area contributed by atoms with Gasteiger partial charge < -0.3 is 9.84 Å². The minimum absolute atomic E-state index is 0.355. The Labute approximate surface area is 195 Å². The lowest BCUT2D eigenvalue weighted by Gasteiger charge is -2.53. The summed E-state index contributed by atoms with van der Waals surface area (Å²) < 4.78 is 7.75. The fraction of sp³-hybridized carbons (Fsp3) is 0.593. The lowest BCUT2D eigenvalue weighted by molar-refractivity contribution is 0.0462. The smallest absolute Gasteiger partial charge is 0.258 e. The number of nitrogens with one attached hydrogen (secondary N) is 1. The topological polar surface area (TPSA) is 68.8 Å². The van der Waals surface area contributed by atoms with Crippen molar-refractivity contribution in [1.82, 2.24) is 19.9 Å². The second-order valence-electron chi connectivity index (χ2n) is 11.3. The van der Waals surface area contributed by atoms with Crippen LogP contribution in [0.25, 0.3) is 11.5 Å². The lowest BCUT2D eigenvalue weighted by Crippen LogP contribution is -2.47. The van der Waals surface area contributed by atoms with Gasteiger partial charge in [-0.3, -0.25) is 4.68 Å². The van der Waals surface area contributed by atoms with Crippen LogP contribution in [0.1, 0.15) is 93.3 Å². The summed E-state index contributed by atoms with van der Waals surface area (Å²) in [6.45, 7) is 1.04. The highest BCUT2D eigenvalue weighted by molar-refractivity contribution is 5.61. The van der Waals surface area contributed by atoms with Gasteiger partial charge in [0.2, 0.25) is 0 Å². The van der Waals surface area contributed by atoms with E-state index in [1.165, 1.54) is 75.6 Å². The number of fused-ring (bicyclic) bond motifs is 3. The lowest BCUT2D eigenvalue weighted by atomic mass is 9.52. The molecule has 2 bridgehead atoms. The van der Waals surface area contributed by atoms with Crippen LogP contribution in [0, 0.1) is 5.41 Å². The Bertz CT molecular complexity index is 1160. The molecule has 5 aliphatic carbocycles. The van der Waals surface area contributed by atoms with Crippen molar-refractivity contribution in [1.29, 1.82) is 0 Å². The highest BCUT2D eigenvalue weighted by Gasteiger charge is 2.50. The molecule has 6 nitrogen and oxygen atoms in total. The molecule has 0 spiro atoms. The Morgan fingerprint density at radius 3 is 2.48 bits per heavy atom. The Hall–Kier alpha value is -2.63. The molecule has 0 atom stereocenters. The monoisotopic (exact) mass is 443 g/mol. The predicted octanol–water partition coefficient (Wildman–Crippen LogP) is 5.93. The molecule has 1 N–H and O–H groups in total. The first-order valence-electron chi connectivity index (χ1n) is 12.8. The number of aryl methyl sites for hydroxylation is 1. The Morgan fingerprint density at radius 2 is 1.76 bits per heavy atom. The normalized spacial score (nSPS) is 28.9. The highest BCUT2D eigenvalue weighted by Crippen LogP contribution is 2.58. The van der Waals surface area contributed by atoms with Gasteiger partial charge in [-0.05, 0) is 93.9 Å². The first-order chi connectivity index (χ1) is 16.1. The molecule has 0 unspecified atom stereocenters. The van der Waals surface area contributed by atoms with E-state index in [-0.39, 0.29) is 0 Å². The molecule has 2 aromatic heterocycles. The summed E-state index contributed by atoms with van der Waals surface area (Å²) >= 11 is 0. The molecule has 8 rings (SSSR count). The van der Waals surface area contributed by atoms with Gasteiger partial charge in [0.05, 0.1) is 5.69 Å². The van der Waals surface area contributed by atoms with E-state index in [0.717, 1.165) is 29.5 Å². The van der Waals surface area contributed by atoms with Crippen LogP contribution in [-0.4, -0.2) is 26.5 Å². The third kappa shape index (κ3) is 3.49. The van der Waals surface area contributed by atoms with Crippen molar-refractivity contribution in [3.63, 3.8) is 0 Å². The van der Waals surface area contributed by atoms with Crippen molar-refractivity contribution >= 4 is 5.69 Å². The van der Waals surface area contributed by atoms with Crippen molar-refractivity contribution in [3.05, 3.63) is 47.5 Å². The molecular weight excluding hydrogens is 410 g/mol. The zero-order valence-corrected chi connectivity index (χ0v) is 19.5. The SMILES string of the molecule is Cn1nc(C2CC2)cc1C12CCC(CNc3cccc(-c4nc(C5CC5)no4)c3)(CC1)CC2. The van der Waals surface area contributed by atoms with E-state index >= 15 is 0 Å². The van der Waals surface area contributed by atoms with Crippen LogP contribution in [0.2, 0.25) is 0 Å². The molecule has 5 aliphatic rings. The van der Waals surface area contributed by atoms with E-state index in [1.54, 1.807) is 0 Å². The van der Waals surface area contributed by atoms with Crippen LogP contribution in [0.15, 0.2) is 34.9 Å². The summed E-state index contributed by atoms with van der Waals surface area (Å²) in [6, 6.07) is 10.9. The molecule has 3 aromatic rings. The molecule has 6 heteroatoms. The van der Waals surface area contributed by atoms with E-state index < -0.39 is 0 Å². The Kier molecular flexibility index (Phi) is 4.31. The van der Waals surface area contributed by atoms with Crippen LogP contribution < -0.4 is 5.32 Å². The molecule has 5 fully saturated rings. The highest BCUT2D eigenvalue weighted by atomic mass is 16.5. The minimum atomic E-state index is 0.355. The summed E-state index contributed by atoms with van der Waals surface area (Å²) in [6.07, 6.45) is 12.8. The average molecular weight is 444 g/mol. The van der Waals surface area contributed by atoms with Gasteiger partial charge >= 0.3 is 0 Å². The van der Waals surface area contributed by atoms with Crippen molar-refractivity contribution in [2.45, 2.75) is 81.5 Å².